The Hall–Kier alpha value is -2.34. The number of nitrogens with zero attached hydrogens (tertiary/aromatic N) is 3. The molecular formula is C27H26BrCl2N3O5S. The van der Waals surface area contributed by atoms with Crippen LogP contribution in [0.5, 0.6) is 11.5 Å². The summed E-state index contributed by atoms with van der Waals surface area (Å²) in [6.45, 7) is 2.99. The third-order valence-electron chi connectivity index (χ3n) is 6.67. The maximum Gasteiger partial charge on any atom is 0.243 e. The lowest BCUT2D eigenvalue weighted by atomic mass is 10.1. The zero-order valence-electron chi connectivity index (χ0n) is 20.9. The van der Waals surface area contributed by atoms with Crippen LogP contribution < -0.4 is 9.47 Å². The number of amides is 1. The molecule has 0 aromatic heterocycles. The monoisotopic (exact) mass is 653 g/mol. The highest BCUT2D eigenvalue weighted by Crippen LogP contribution is 2.33. The molecule has 0 aliphatic carbocycles. The van der Waals surface area contributed by atoms with E-state index in [-0.39, 0.29) is 30.7 Å². The molecule has 39 heavy (non-hydrogen) atoms. The molecule has 2 heterocycles. The van der Waals surface area contributed by atoms with Crippen molar-refractivity contribution < 1.29 is 22.7 Å². The number of carbonyl (C=O) groups is 1. The van der Waals surface area contributed by atoms with E-state index in [9.17, 15) is 13.2 Å². The van der Waals surface area contributed by atoms with Gasteiger partial charge in [0.2, 0.25) is 22.7 Å². The summed E-state index contributed by atoms with van der Waals surface area (Å²) in [5.41, 5.74) is 1.74. The molecule has 1 saturated heterocycles. The Balaban J connectivity index is 1.26. The molecule has 5 rings (SSSR count). The Morgan fingerprint density at radius 1 is 0.872 bits per heavy atom. The lowest BCUT2D eigenvalue weighted by Gasteiger charge is -2.35. The van der Waals surface area contributed by atoms with Gasteiger partial charge in [0, 0.05) is 43.7 Å². The van der Waals surface area contributed by atoms with Crippen molar-refractivity contribution in [3.63, 3.8) is 0 Å². The zero-order chi connectivity index (χ0) is 27.6. The van der Waals surface area contributed by atoms with Crippen LogP contribution in [-0.2, 0) is 27.9 Å². The summed E-state index contributed by atoms with van der Waals surface area (Å²) in [6.07, 6.45) is 0. The average molecular weight is 655 g/mol. The smallest absolute Gasteiger partial charge is 0.243 e. The van der Waals surface area contributed by atoms with E-state index >= 15 is 0 Å². The maximum atomic E-state index is 13.6. The number of hydrogen-bond donors (Lipinski definition) is 0. The second-order valence-corrected chi connectivity index (χ2v) is 13.0. The van der Waals surface area contributed by atoms with Crippen LogP contribution in [-0.4, -0.2) is 67.9 Å². The normalized spacial score (nSPS) is 15.6. The summed E-state index contributed by atoms with van der Waals surface area (Å²) in [6, 6.07) is 17.2. The molecule has 1 fully saturated rings. The van der Waals surface area contributed by atoms with Crippen molar-refractivity contribution in [3.05, 3.63) is 86.3 Å². The molecular weight excluding hydrogens is 629 g/mol. The summed E-state index contributed by atoms with van der Waals surface area (Å²) in [4.78, 5) is 17.4. The second kappa shape index (κ2) is 12.0. The third kappa shape index (κ3) is 6.70. The molecule has 3 aromatic carbocycles. The highest BCUT2D eigenvalue weighted by Gasteiger charge is 2.30. The van der Waals surface area contributed by atoms with Crippen LogP contribution in [0.25, 0.3) is 0 Å². The average Bonchev–Trinajstić information content (AvgIpc) is 3.39. The molecule has 12 heteroatoms. The van der Waals surface area contributed by atoms with Crippen molar-refractivity contribution in [2.75, 3.05) is 39.5 Å². The van der Waals surface area contributed by atoms with Gasteiger partial charge < -0.3 is 14.4 Å². The molecule has 0 N–H and O–H groups in total. The van der Waals surface area contributed by atoms with Crippen LogP contribution in [0.3, 0.4) is 0 Å². The minimum Gasteiger partial charge on any atom is -0.454 e. The lowest BCUT2D eigenvalue weighted by Crippen LogP contribution is -2.51. The topological polar surface area (TPSA) is 79.4 Å². The number of rotatable bonds is 8. The van der Waals surface area contributed by atoms with E-state index in [1.807, 2.05) is 18.2 Å². The van der Waals surface area contributed by atoms with Crippen LogP contribution in [0.2, 0.25) is 10.0 Å². The number of halogens is 3. The van der Waals surface area contributed by atoms with Gasteiger partial charge >= 0.3 is 0 Å². The number of benzene rings is 3. The molecule has 0 radical (unpaired) electrons. The van der Waals surface area contributed by atoms with E-state index in [4.69, 9.17) is 32.7 Å². The van der Waals surface area contributed by atoms with Gasteiger partial charge in [-0.15, -0.1) is 0 Å². The quantitative estimate of drug-likeness (QED) is 0.340. The van der Waals surface area contributed by atoms with E-state index in [1.165, 1.54) is 16.4 Å². The SMILES string of the molecule is O=C(CN(Cc1ccc(Cl)c(Cl)c1)S(=O)(=O)c1ccc(Br)cc1)N1CCN(Cc2ccc3c(c2)OCO3)CC1. The highest BCUT2D eigenvalue weighted by atomic mass is 79.9. The van der Waals surface area contributed by atoms with Gasteiger partial charge in [0.15, 0.2) is 11.5 Å². The fraction of sp³-hybridized carbons (Fsp3) is 0.296. The van der Waals surface area contributed by atoms with E-state index in [1.54, 1.807) is 35.2 Å². The molecule has 0 unspecified atom stereocenters. The fourth-order valence-electron chi connectivity index (χ4n) is 4.53. The van der Waals surface area contributed by atoms with Crippen molar-refractivity contribution >= 4 is 55.1 Å². The van der Waals surface area contributed by atoms with Crippen LogP contribution in [0.15, 0.2) is 70.0 Å². The molecule has 2 aliphatic heterocycles. The molecule has 2 aliphatic rings. The molecule has 0 bridgehead atoms. The van der Waals surface area contributed by atoms with Gasteiger partial charge in [0.1, 0.15) is 0 Å². The molecule has 3 aromatic rings. The highest BCUT2D eigenvalue weighted by molar-refractivity contribution is 9.10. The van der Waals surface area contributed by atoms with E-state index < -0.39 is 10.0 Å². The van der Waals surface area contributed by atoms with Crippen LogP contribution >= 0.6 is 39.1 Å². The van der Waals surface area contributed by atoms with Crippen LogP contribution in [0.4, 0.5) is 0 Å². The largest absolute Gasteiger partial charge is 0.454 e. The third-order valence-corrected chi connectivity index (χ3v) is 9.75. The summed E-state index contributed by atoms with van der Waals surface area (Å²) in [5.74, 6) is 1.24. The van der Waals surface area contributed by atoms with Crippen LogP contribution in [0.1, 0.15) is 11.1 Å². The number of carbonyl (C=O) groups excluding carboxylic acids is 1. The first-order chi connectivity index (χ1) is 18.7. The van der Waals surface area contributed by atoms with E-state index in [2.05, 4.69) is 20.8 Å². The van der Waals surface area contributed by atoms with Gasteiger partial charge in [0.05, 0.1) is 21.5 Å². The minimum absolute atomic E-state index is 0.0227. The van der Waals surface area contributed by atoms with Gasteiger partial charge in [0.25, 0.3) is 0 Å². The Bertz CT molecular complexity index is 1460. The molecule has 0 spiro atoms. The maximum absolute atomic E-state index is 13.6. The molecule has 1 amide bonds. The number of hydrogen-bond acceptors (Lipinski definition) is 6. The first-order valence-corrected chi connectivity index (χ1v) is 15.3. The Kier molecular flexibility index (Phi) is 8.70. The van der Waals surface area contributed by atoms with Gasteiger partial charge in [-0.3, -0.25) is 9.69 Å². The van der Waals surface area contributed by atoms with E-state index in [0.717, 1.165) is 28.1 Å². The van der Waals surface area contributed by atoms with Crippen LogP contribution in [0, 0.1) is 0 Å². The Morgan fingerprint density at radius 3 is 2.28 bits per heavy atom. The molecule has 0 atom stereocenters. The first kappa shape index (κ1) is 28.2. The van der Waals surface area contributed by atoms with Crippen molar-refractivity contribution in [2.24, 2.45) is 0 Å². The van der Waals surface area contributed by atoms with Crippen molar-refractivity contribution in [3.8, 4) is 11.5 Å². The van der Waals surface area contributed by atoms with Crippen molar-refractivity contribution in [2.45, 2.75) is 18.0 Å². The Morgan fingerprint density at radius 2 is 1.56 bits per heavy atom. The number of sulfonamides is 1. The zero-order valence-corrected chi connectivity index (χ0v) is 24.8. The number of fused-ring (bicyclic) bond motifs is 1. The summed E-state index contributed by atoms with van der Waals surface area (Å²) < 4.78 is 40.0. The van der Waals surface area contributed by atoms with Crippen molar-refractivity contribution in [1.82, 2.24) is 14.1 Å². The standard InChI is InChI=1S/C27H26BrCl2N3O5S/c28-21-3-5-22(6-4-21)39(35,36)33(16-19-1-7-23(29)24(30)13-19)17-27(34)32-11-9-31(10-12-32)15-20-2-8-25-26(14-20)38-18-37-25/h1-8,13-14H,9-12,15-18H2. The van der Waals surface area contributed by atoms with Gasteiger partial charge in [-0.25, -0.2) is 8.42 Å². The first-order valence-electron chi connectivity index (χ1n) is 12.3. The summed E-state index contributed by atoms with van der Waals surface area (Å²) in [7, 11) is -3.97. The van der Waals surface area contributed by atoms with Crippen molar-refractivity contribution in [1.29, 1.82) is 0 Å². The van der Waals surface area contributed by atoms with E-state index in [0.29, 0.717) is 41.8 Å². The summed E-state index contributed by atoms with van der Waals surface area (Å²) >= 11 is 15.6. The predicted molar refractivity (Wildman–Crippen MR) is 153 cm³/mol. The Labute approximate surface area is 246 Å². The van der Waals surface area contributed by atoms with Gasteiger partial charge in [-0.1, -0.05) is 51.3 Å². The fourth-order valence-corrected chi connectivity index (χ4v) is 6.49. The second-order valence-electron chi connectivity index (χ2n) is 9.32. The van der Waals surface area contributed by atoms with Gasteiger partial charge in [-0.2, -0.15) is 4.31 Å². The molecule has 8 nitrogen and oxygen atoms in total. The molecule has 0 saturated carbocycles. The number of ether oxygens (including phenoxy) is 2. The lowest BCUT2D eigenvalue weighted by molar-refractivity contribution is -0.133. The predicted octanol–water partition coefficient (Wildman–Crippen LogP) is 5.02. The minimum atomic E-state index is -3.97. The van der Waals surface area contributed by atoms with Gasteiger partial charge in [-0.05, 0) is 59.7 Å². The molecule has 206 valence electrons. The number of piperazine rings is 1. The summed E-state index contributed by atoms with van der Waals surface area (Å²) in [5, 5.41) is 0.692.